The number of aromatic nitrogens is 2. The zero-order chi connectivity index (χ0) is 11.4. The van der Waals surface area contributed by atoms with Crippen LogP contribution < -0.4 is 0 Å². The largest absolute Gasteiger partial charge is 0.370 e. The molecule has 0 bridgehead atoms. The molecule has 0 radical (unpaired) electrons. The monoisotopic (exact) mass is 274 g/mol. The fourth-order valence-corrected chi connectivity index (χ4v) is 2.19. The lowest BCUT2D eigenvalue weighted by Gasteiger charge is -2.02. The molecule has 0 atom stereocenters. The standard InChI is InChI=1S/C10H8Cl2N2OS/c11-8-3-1-2-7(4-8)5-15-6-9-13-14-10(12)16-9/h1-4H,5-6H2. The van der Waals surface area contributed by atoms with Gasteiger partial charge in [-0.05, 0) is 29.3 Å². The number of halogens is 2. The third kappa shape index (κ3) is 3.42. The summed E-state index contributed by atoms with van der Waals surface area (Å²) in [6.07, 6.45) is 0. The topological polar surface area (TPSA) is 35.0 Å². The number of nitrogens with zero attached hydrogens (tertiary/aromatic N) is 2. The van der Waals surface area contributed by atoms with Gasteiger partial charge in [0.15, 0.2) is 0 Å². The molecule has 0 aliphatic carbocycles. The number of benzene rings is 1. The van der Waals surface area contributed by atoms with Crippen molar-refractivity contribution in [1.29, 1.82) is 0 Å². The summed E-state index contributed by atoms with van der Waals surface area (Å²) < 4.78 is 5.90. The highest BCUT2D eigenvalue weighted by molar-refractivity contribution is 7.15. The Bertz CT molecular complexity index is 475. The molecule has 0 spiro atoms. The zero-order valence-electron chi connectivity index (χ0n) is 8.19. The highest BCUT2D eigenvalue weighted by Crippen LogP contribution is 2.16. The Labute approximate surface area is 107 Å². The van der Waals surface area contributed by atoms with Crippen LogP contribution in [0.4, 0.5) is 0 Å². The van der Waals surface area contributed by atoms with Crippen molar-refractivity contribution < 1.29 is 4.74 Å². The Kier molecular flexibility index (Phi) is 4.12. The van der Waals surface area contributed by atoms with Gasteiger partial charge in [-0.2, -0.15) is 0 Å². The van der Waals surface area contributed by atoms with Crippen LogP contribution in [0.1, 0.15) is 10.6 Å². The van der Waals surface area contributed by atoms with Gasteiger partial charge in [-0.1, -0.05) is 35.1 Å². The summed E-state index contributed by atoms with van der Waals surface area (Å²) in [6.45, 7) is 0.911. The molecule has 2 rings (SSSR count). The lowest BCUT2D eigenvalue weighted by atomic mass is 10.2. The van der Waals surface area contributed by atoms with Crippen molar-refractivity contribution in [1.82, 2.24) is 10.2 Å². The van der Waals surface area contributed by atoms with Gasteiger partial charge >= 0.3 is 0 Å². The van der Waals surface area contributed by atoms with E-state index in [-0.39, 0.29) is 0 Å². The molecule has 3 nitrogen and oxygen atoms in total. The van der Waals surface area contributed by atoms with Crippen molar-refractivity contribution in [2.75, 3.05) is 0 Å². The van der Waals surface area contributed by atoms with Crippen molar-refractivity contribution >= 4 is 34.5 Å². The van der Waals surface area contributed by atoms with Gasteiger partial charge in [0.25, 0.3) is 0 Å². The van der Waals surface area contributed by atoms with Crippen LogP contribution in [0.5, 0.6) is 0 Å². The Morgan fingerprint density at radius 3 is 2.75 bits per heavy atom. The molecule has 6 heteroatoms. The van der Waals surface area contributed by atoms with Crippen molar-refractivity contribution in [2.24, 2.45) is 0 Å². The van der Waals surface area contributed by atoms with Gasteiger partial charge in [0.05, 0.1) is 6.61 Å². The summed E-state index contributed by atoms with van der Waals surface area (Å²) >= 11 is 12.8. The van der Waals surface area contributed by atoms with Gasteiger partial charge in [-0.25, -0.2) is 0 Å². The van der Waals surface area contributed by atoms with Crippen LogP contribution in [0.2, 0.25) is 9.49 Å². The van der Waals surface area contributed by atoms with Crippen LogP contribution >= 0.6 is 34.5 Å². The van der Waals surface area contributed by atoms with Crippen LogP contribution in [0.3, 0.4) is 0 Å². The maximum atomic E-state index is 5.85. The minimum Gasteiger partial charge on any atom is -0.370 e. The lowest BCUT2D eigenvalue weighted by molar-refractivity contribution is 0.106. The molecule has 0 fully saturated rings. The molecule has 0 saturated heterocycles. The van der Waals surface area contributed by atoms with Crippen LogP contribution in [-0.2, 0) is 18.0 Å². The number of hydrogen-bond acceptors (Lipinski definition) is 4. The van der Waals surface area contributed by atoms with E-state index in [2.05, 4.69) is 10.2 Å². The van der Waals surface area contributed by atoms with E-state index in [1.165, 1.54) is 11.3 Å². The summed E-state index contributed by atoms with van der Waals surface area (Å²) in [4.78, 5) is 0. The predicted molar refractivity (Wildman–Crippen MR) is 64.9 cm³/mol. The molecule has 0 aliphatic rings. The molecule has 16 heavy (non-hydrogen) atoms. The molecule has 84 valence electrons. The first kappa shape index (κ1) is 11.8. The normalized spacial score (nSPS) is 10.6. The molecule has 2 aromatic rings. The minimum absolute atomic E-state index is 0.414. The molecule has 0 unspecified atom stereocenters. The van der Waals surface area contributed by atoms with Crippen molar-refractivity contribution in [3.05, 3.63) is 44.3 Å². The van der Waals surface area contributed by atoms with Crippen LogP contribution in [0, 0.1) is 0 Å². The van der Waals surface area contributed by atoms with Gasteiger partial charge < -0.3 is 4.74 Å². The Morgan fingerprint density at radius 1 is 1.19 bits per heavy atom. The number of ether oxygens (including phenoxy) is 1. The Hall–Kier alpha value is -0.680. The van der Waals surface area contributed by atoms with E-state index in [9.17, 15) is 0 Å². The summed E-state index contributed by atoms with van der Waals surface area (Å²) in [5.41, 5.74) is 1.03. The third-order valence-electron chi connectivity index (χ3n) is 1.83. The van der Waals surface area contributed by atoms with E-state index in [0.29, 0.717) is 22.7 Å². The highest BCUT2D eigenvalue weighted by Gasteiger charge is 2.02. The molecular formula is C10H8Cl2N2OS. The van der Waals surface area contributed by atoms with E-state index in [1.54, 1.807) is 0 Å². The van der Waals surface area contributed by atoms with E-state index >= 15 is 0 Å². The molecular weight excluding hydrogens is 267 g/mol. The average Bonchev–Trinajstić information content (AvgIpc) is 2.64. The summed E-state index contributed by atoms with van der Waals surface area (Å²) in [7, 11) is 0. The quantitative estimate of drug-likeness (QED) is 0.855. The maximum Gasteiger partial charge on any atom is 0.207 e. The highest BCUT2D eigenvalue weighted by atomic mass is 35.5. The fraction of sp³-hybridized carbons (Fsp3) is 0.200. The SMILES string of the molecule is Clc1cccc(COCc2nnc(Cl)s2)c1. The number of rotatable bonds is 4. The first-order valence-corrected chi connectivity index (χ1v) is 6.11. The maximum absolute atomic E-state index is 5.85. The summed E-state index contributed by atoms with van der Waals surface area (Å²) in [6, 6.07) is 7.55. The second-order valence-electron chi connectivity index (χ2n) is 3.07. The van der Waals surface area contributed by atoms with Crippen LogP contribution in [0.25, 0.3) is 0 Å². The van der Waals surface area contributed by atoms with Gasteiger partial charge in [0.1, 0.15) is 11.6 Å². The third-order valence-corrected chi connectivity index (χ3v) is 3.05. The first-order valence-electron chi connectivity index (χ1n) is 4.54. The van der Waals surface area contributed by atoms with Gasteiger partial charge in [0, 0.05) is 5.02 Å². The first-order chi connectivity index (χ1) is 7.74. The van der Waals surface area contributed by atoms with Crippen molar-refractivity contribution in [2.45, 2.75) is 13.2 Å². The van der Waals surface area contributed by atoms with Gasteiger partial charge in [-0.3, -0.25) is 0 Å². The Morgan fingerprint density at radius 2 is 2.06 bits per heavy atom. The van der Waals surface area contributed by atoms with E-state index in [0.717, 1.165) is 10.6 Å². The smallest absolute Gasteiger partial charge is 0.207 e. The van der Waals surface area contributed by atoms with E-state index in [4.69, 9.17) is 27.9 Å². The van der Waals surface area contributed by atoms with Crippen LogP contribution in [-0.4, -0.2) is 10.2 Å². The summed E-state index contributed by atoms with van der Waals surface area (Å²) in [5.74, 6) is 0. The van der Waals surface area contributed by atoms with E-state index in [1.807, 2.05) is 24.3 Å². The summed E-state index contributed by atoms with van der Waals surface area (Å²) in [5, 5.41) is 9.02. The molecule has 0 N–H and O–H groups in total. The molecule has 0 saturated carbocycles. The molecule has 0 amide bonds. The predicted octanol–water partition coefficient (Wildman–Crippen LogP) is 3.56. The van der Waals surface area contributed by atoms with Gasteiger partial charge in [-0.15, -0.1) is 10.2 Å². The average molecular weight is 275 g/mol. The second kappa shape index (κ2) is 5.59. The number of hydrogen-bond donors (Lipinski definition) is 0. The molecule has 0 aliphatic heterocycles. The fourth-order valence-electron chi connectivity index (χ4n) is 1.17. The van der Waals surface area contributed by atoms with Crippen molar-refractivity contribution in [3.63, 3.8) is 0 Å². The lowest BCUT2D eigenvalue weighted by Crippen LogP contribution is -1.93. The van der Waals surface area contributed by atoms with Crippen molar-refractivity contribution in [3.8, 4) is 0 Å². The van der Waals surface area contributed by atoms with E-state index < -0.39 is 0 Å². The Balaban J connectivity index is 1.84. The minimum atomic E-state index is 0.414. The second-order valence-corrected chi connectivity index (χ2v) is 5.15. The molecule has 1 aromatic heterocycles. The van der Waals surface area contributed by atoms with Gasteiger partial charge in [0.2, 0.25) is 4.47 Å². The zero-order valence-corrected chi connectivity index (χ0v) is 10.5. The van der Waals surface area contributed by atoms with Crippen LogP contribution in [0.15, 0.2) is 24.3 Å². The molecule has 1 heterocycles. The molecule has 1 aromatic carbocycles.